The molecule has 3 N–H and O–H groups in total. The molecule has 0 atom stereocenters. The van der Waals surface area contributed by atoms with Crippen LogP contribution in [0.3, 0.4) is 0 Å². The van der Waals surface area contributed by atoms with Gasteiger partial charge in [0.05, 0.1) is 17.1 Å². The Labute approximate surface area is 77.5 Å². The van der Waals surface area contributed by atoms with Crippen LogP contribution in [-0.2, 0) is 5.88 Å². The van der Waals surface area contributed by atoms with Crippen LogP contribution in [0.5, 0.6) is 0 Å². The van der Waals surface area contributed by atoms with E-state index in [1.807, 2.05) is 0 Å². The summed E-state index contributed by atoms with van der Waals surface area (Å²) in [5.74, 6) is -0.171. The number of hydrogen-bond donors (Lipinski definition) is 2. The standard InChI is InChI=1S/C7H7ClF2N2O/c8-1-4-5(7(9)10)6(13)3(11)2-12-4/h2,7H,1,11H2,(H,12,13). The molecule has 1 aromatic rings. The number of hydrogen-bond acceptors (Lipinski definition) is 2. The monoisotopic (exact) mass is 208 g/mol. The summed E-state index contributed by atoms with van der Waals surface area (Å²) in [6.07, 6.45) is -1.70. The van der Waals surface area contributed by atoms with E-state index in [0.29, 0.717) is 0 Å². The van der Waals surface area contributed by atoms with Crippen molar-refractivity contribution in [1.82, 2.24) is 4.98 Å². The third-order valence-corrected chi connectivity index (χ3v) is 1.85. The molecule has 0 aliphatic heterocycles. The zero-order chi connectivity index (χ0) is 10.0. The van der Waals surface area contributed by atoms with Gasteiger partial charge in [0, 0.05) is 11.9 Å². The summed E-state index contributed by atoms with van der Waals surface area (Å²) in [4.78, 5) is 13.5. The first-order chi connectivity index (χ1) is 6.07. The van der Waals surface area contributed by atoms with Crippen molar-refractivity contribution in [3.05, 3.63) is 27.7 Å². The van der Waals surface area contributed by atoms with Crippen LogP contribution in [0.4, 0.5) is 14.5 Å². The van der Waals surface area contributed by atoms with Gasteiger partial charge in [-0.25, -0.2) is 8.78 Å². The number of nitrogens with two attached hydrogens (primary N) is 1. The van der Waals surface area contributed by atoms with Crippen molar-refractivity contribution < 1.29 is 8.78 Å². The van der Waals surface area contributed by atoms with E-state index in [9.17, 15) is 13.6 Å². The van der Waals surface area contributed by atoms with Crippen LogP contribution in [0, 0.1) is 0 Å². The van der Waals surface area contributed by atoms with Gasteiger partial charge in [-0.2, -0.15) is 0 Å². The lowest BCUT2D eigenvalue weighted by atomic mass is 10.2. The fourth-order valence-corrected chi connectivity index (χ4v) is 1.16. The van der Waals surface area contributed by atoms with E-state index in [-0.39, 0.29) is 17.3 Å². The van der Waals surface area contributed by atoms with Gasteiger partial charge in [0.25, 0.3) is 6.43 Å². The number of rotatable bonds is 2. The van der Waals surface area contributed by atoms with Crippen molar-refractivity contribution >= 4 is 17.3 Å². The van der Waals surface area contributed by atoms with Gasteiger partial charge in [0.2, 0.25) is 5.43 Å². The number of anilines is 1. The van der Waals surface area contributed by atoms with E-state index < -0.39 is 17.4 Å². The molecule has 1 rings (SSSR count). The minimum atomic E-state index is -2.86. The fraction of sp³-hybridized carbons (Fsp3) is 0.286. The van der Waals surface area contributed by atoms with Gasteiger partial charge in [-0.15, -0.1) is 11.6 Å². The Morgan fingerprint density at radius 1 is 1.62 bits per heavy atom. The van der Waals surface area contributed by atoms with Gasteiger partial charge in [0.1, 0.15) is 0 Å². The number of aromatic nitrogens is 1. The molecule has 0 saturated heterocycles. The highest BCUT2D eigenvalue weighted by Gasteiger charge is 2.18. The molecule has 13 heavy (non-hydrogen) atoms. The highest BCUT2D eigenvalue weighted by atomic mass is 35.5. The Bertz CT molecular complexity index is 364. The summed E-state index contributed by atoms with van der Waals surface area (Å²) < 4.78 is 24.6. The largest absolute Gasteiger partial charge is 0.394 e. The smallest absolute Gasteiger partial charge is 0.269 e. The number of nitrogen functional groups attached to an aromatic ring is 1. The van der Waals surface area contributed by atoms with Crippen molar-refractivity contribution in [3.8, 4) is 0 Å². The van der Waals surface area contributed by atoms with Gasteiger partial charge >= 0.3 is 0 Å². The van der Waals surface area contributed by atoms with E-state index >= 15 is 0 Å². The van der Waals surface area contributed by atoms with E-state index in [1.54, 1.807) is 0 Å². The van der Waals surface area contributed by atoms with Gasteiger partial charge in [-0.1, -0.05) is 0 Å². The molecule has 0 aromatic carbocycles. The summed E-state index contributed by atoms with van der Waals surface area (Å²) in [6, 6.07) is 0. The average molecular weight is 209 g/mol. The maximum atomic E-state index is 12.3. The highest BCUT2D eigenvalue weighted by Crippen LogP contribution is 2.19. The summed E-state index contributed by atoms with van der Waals surface area (Å²) >= 11 is 5.36. The third kappa shape index (κ3) is 1.80. The Kier molecular flexibility index (Phi) is 2.87. The van der Waals surface area contributed by atoms with Gasteiger partial charge < -0.3 is 10.7 Å². The highest BCUT2D eigenvalue weighted by molar-refractivity contribution is 6.17. The third-order valence-electron chi connectivity index (χ3n) is 1.59. The van der Waals surface area contributed by atoms with Crippen LogP contribution < -0.4 is 11.2 Å². The van der Waals surface area contributed by atoms with Crippen molar-refractivity contribution in [2.45, 2.75) is 12.3 Å². The molecule has 0 saturated carbocycles. The lowest BCUT2D eigenvalue weighted by Crippen LogP contribution is -2.17. The number of alkyl halides is 3. The van der Waals surface area contributed by atoms with Crippen molar-refractivity contribution in [2.75, 3.05) is 5.73 Å². The molecule has 0 amide bonds. The summed E-state index contributed by atoms with van der Waals surface area (Å²) in [7, 11) is 0. The predicted octanol–water partition coefficient (Wildman–Crippen LogP) is 1.63. The van der Waals surface area contributed by atoms with Crippen molar-refractivity contribution in [2.24, 2.45) is 0 Å². The molecule has 0 fully saturated rings. The predicted molar refractivity (Wildman–Crippen MR) is 46.0 cm³/mol. The molecule has 72 valence electrons. The number of halogens is 3. The van der Waals surface area contributed by atoms with E-state index in [2.05, 4.69) is 4.98 Å². The van der Waals surface area contributed by atoms with Crippen LogP contribution in [0.1, 0.15) is 17.7 Å². The second-order valence-electron chi connectivity index (χ2n) is 2.40. The Morgan fingerprint density at radius 2 is 2.23 bits per heavy atom. The molecular formula is C7H7ClF2N2O. The lowest BCUT2D eigenvalue weighted by molar-refractivity contribution is 0.149. The maximum absolute atomic E-state index is 12.3. The van der Waals surface area contributed by atoms with E-state index in [4.69, 9.17) is 17.3 Å². The summed E-state index contributed by atoms with van der Waals surface area (Å²) in [5.41, 5.74) is 3.44. The van der Waals surface area contributed by atoms with E-state index in [1.165, 1.54) is 0 Å². The Hall–Kier alpha value is -1.10. The molecule has 6 heteroatoms. The number of nitrogens with one attached hydrogen (secondary N) is 1. The molecule has 3 nitrogen and oxygen atoms in total. The first kappa shape index (κ1) is 9.98. The topological polar surface area (TPSA) is 58.9 Å². The second kappa shape index (κ2) is 3.74. The molecule has 0 aliphatic rings. The molecule has 1 aromatic heterocycles. The van der Waals surface area contributed by atoms with Crippen molar-refractivity contribution in [3.63, 3.8) is 0 Å². The first-order valence-electron chi connectivity index (χ1n) is 3.42. The first-order valence-corrected chi connectivity index (χ1v) is 3.95. The summed E-state index contributed by atoms with van der Waals surface area (Å²) in [6.45, 7) is 0. The zero-order valence-electron chi connectivity index (χ0n) is 6.48. The SMILES string of the molecule is Nc1c[nH]c(CCl)c(C(F)F)c1=O. The molecule has 0 spiro atoms. The number of H-pyrrole nitrogens is 1. The lowest BCUT2D eigenvalue weighted by Gasteiger charge is -2.05. The van der Waals surface area contributed by atoms with Crippen molar-refractivity contribution in [1.29, 1.82) is 0 Å². The molecule has 0 bridgehead atoms. The Morgan fingerprint density at radius 3 is 2.69 bits per heavy atom. The van der Waals surface area contributed by atoms with E-state index in [0.717, 1.165) is 6.20 Å². The zero-order valence-corrected chi connectivity index (χ0v) is 7.24. The summed E-state index contributed by atoms with van der Waals surface area (Å²) in [5, 5.41) is 0. The molecule has 0 radical (unpaired) electrons. The number of aromatic amines is 1. The fourth-order valence-electron chi connectivity index (χ4n) is 0.942. The van der Waals surface area contributed by atoms with Crippen LogP contribution in [-0.4, -0.2) is 4.98 Å². The Balaban J connectivity index is 3.42. The van der Waals surface area contributed by atoms with Gasteiger partial charge in [-0.05, 0) is 0 Å². The van der Waals surface area contributed by atoms with Gasteiger partial charge in [0.15, 0.2) is 0 Å². The average Bonchev–Trinajstić information content (AvgIpc) is 2.08. The normalized spacial score (nSPS) is 10.8. The van der Waals surface area contributed by atoms with Gasteiger partial charge in [-0.3, -0.25) is 4.79 Å². The molecular weight excluding hydrogens is 202 g/mol. The molecule has 0 unspecified atom stereocenters. The van der Waals surface area contributed by atoms with Crippen LogP contribution in [0.25, 0.3) is 0 Å². The minimum Gasteiger partial charge on any atom is -0.394 e. The number of pyridine rings is 1. The quantitative estimate of drug-likeness (QED) is 0.726. The molecule has 1 heterocycles. The van der Waals surface area contributed by atoms with Crippen LogP contribution in [0.2, 0.25) is 0 Å². The maximum Gasteiger partial charge on any atom is 0.269 e. The van der Waals surface area contributed by atoms with Crippen LogP contribution in [0.15, 0.2) is 11.0 Å². The minimum absolute atomic E-state index is 0.0101. The van der Waals surface area contributed by atoms with Crippen LogP contribution >= 0.6 is 11.6 Å². The molecule has 0 aliphatic carbocycles. The second-order valence-corrected chi connectivity index (χ2v) is 2.67.